The highest BCUT2D eigenvalue weighted by atomic mass is 79.9. The van der Waals surface area contributed by atoms with Gasteiger partial charge in [0, 0.05) is 19.3 Å². The van der Waals surface area contributed by atoms with Crippen LogP contribution in [-0.4, -0.2) is 49.4 Å². The Morgan fingerprint density at radius 2 is 2.22 bits per heavy atom. The van der Waals surface area contributed by atoms with E-state index in [1.165, 1.54) is 6.33 Å². The van der Waals surface area contributed by atoms with Crippen LogP contribution < -0.4 is 0 Å². The molecule has 8 heteroatoms. The number of amides is 1. The average molecular weight is 382 g/mol. The molecule has 1 amide bonds. The van der Waals surface area contributed by atoms with Gasteiger partial charge < -0.3 is 9.64 Å². The summed E-state index contributed by atoms with van der Waals surface area (Å²) < 4.78 is 8.09. The maximum atomic E-state index is 12.3. The van der Waals surface area contributed by atoms with Crippen molar-refractivity contribution in [2.45, 2.75) is 45.3 Å². The van der Waals surface area contributed by atoms with Crippen molar-refractivity contribution in [1.29, 1.82) is 0 Å². The molecular weight excluding hydrogens is 362 g/mol. The first-order valence-electron chi connectivity index (χ1n) is 7.67. The summed E-state index contributed by atoms with van der Waals surface area (Å²) in [5.74, 6) is 0. The standard InChI is InChI=1S/C15H20BrN5O2/c1-15(2,3)23-14(22)20-6-4-5-10(8-20)21-13-11(12(16)19-21)7-17-9-18-13/h7,9-10H,4-6,8H2,1-3H3/t10-/m1/s1. The first-order valence-corrected chi connectivity index (χ1v) is 8.46. The fraction of sp³-hybridized carbons (Fsp3) is 0.600. The van der Waals surface area contributed by atoms with Crippen molar-refractivity contribution < 1.29 is 9.53 Å². The number of likely N-dealkylation sites (tertiary alicyclic amines) is 1. The first kappa shape index (κ1) is 16.2. The lowest BCUT2D eigenvalue weighted by Gasteiger charge is -2.34. The average Bonchev–Trinajstić information content (AvgIpc) is 2.83. The summed E-state index contributed by atoms with van der Waals surface area (Å²) in [6, 6.07) is 0.0833. The summed E-state index contributed by atoms with van der Waals surface area (Å²) in [7, 11) is 0. The Labute approximate surface area is 143 Å². The van der Waals surface area contributed by atoms with E-state index in [9.17, 15) is 4.79 Å². The topological polar surface area (TPSA) is 73.1 Å². The van der Waals surface area contributed by atoms with Crippen molar-refractivity contribution in [3.05, 3.63) is 17.1 Å². The van der Waals surface area contributed by atoms with Gasteiger partial charge in [-0.05, 0) is 49.5 Å². The number of halogens is 1. The smallest absolute Gasteiger partial charge is 0.410 e. The number of fused-ring (bicyclic) bond motifs is 1. The van der Waals surface area contributed by atoms with Crippen molar-refractivity contribution in [3.63, 3.8) is 0 Å². The van der Waals surface area contributed by atoms with Gasteiger partial charge in [-0.3, -0.25) is 0 Å². The van der Waals surface area contributed by atoms with Gasteiger partial charge in [-0.15, -0.1) is 0 Å². The van der Waals surface area contributed by atoms with Crippen molar-refractivity contribution in [3.8, 4) is 0 Å². The summed E-state index contributed by atoms with van der Waals surface area (Å²) in [5, 5.41) is 5.41. The first-order chi connectivity index (χ1) is 10.8. The molecule has 7 nitrogen and oxygen atoms in total. The fourth-order valence-corrected chi connectivity index (χ4v) is 3.20. The molecule has 124 valence electrons. The van der Waals surface area contributed by atoms with Crippen LogP contribution >= 0.6 is 15.9 Å². The Hall–Kier alpha value is -1.70. The Balaban J connectivity index is 1.82. The van der Waals surface area contributed by atoms with E-state index in [-0.39, 0.29) is 12.1 Å². The van der Waals surface area contributed by atoms with E-state index >= 15 is 0 Å². The number of hydrogen-bond donors (Lipinski definition) is 0. The monoisotopic (exact) mass is 381 g/mol. The molecule has 1 aliphatic rings. The molecule has 0 unspecified atom stereocenters. The van der Waals surface area contributed by atoms with Gasteiger partial charge in [0.15, 0.2) is 5.65 Å². The maximum absolute atomic E-state index is 12.3. The number of aromatic nitrogens is 4. The molecule has 2 aromatic heterocycles. The highest BCUT2D eigenvalue weighted by Gasteiger charge is 2.30. The zero-order valence-corrected chi connectivity index (χ0v) is 15.1. The van der Waals surface area contributed by atoms with Gasteiger partial charge >= 0.3 is 6.09 Å². The van der Waals surface area contributed by atoms with Gasteiger partial charge in [0.05, 0.1) is 11.4 Å². The molecule has 1 aliphatic heterocycles. The number of hydrogen-bond acceptors (Lipinski definition) is 5. The van der Waals surface area contributed by atoms with E-state index in [0.717, 1.165) is 28.5 Å². The van der Waals surface area contributed by atoms with Crippen molar-refractivity contribution in [2.24, 2.45) is 0 Å². The van der Waals surface area contributed by atoms with Gasteiger partial charge in [-0.25, -0.2) is 19.4 Å². The van der Waals surface area contributed by atoms with Crippen LogP contribution in [-0.2, 0) is 4.74 Å². The van der Waals surface area contributed by atoms with E-state index in [0.29, 0.717) is 13.1 Å². The summed E-state index contributed by atoms with van der Waals surface area (Å²) in [6.45, 7) is 6.91. The van der Waals surface area contributed by atoms with E-state index in [1.54, 1.807) is 11.1 Å². The Bertz CT molecular complexity index is 724. The number of carbonyl (C=O) groups is 1. The SMILES string of the molecule is CC(C)(C)OC(=O)N1CCC[C@@H](n2nc(Br)c3cncnc32)C1. The second-order valence-corrected chi connectivity index (χ2v) is 7.47. The second kappa shape index (κ2) is 6.07. The van der Waals surface area contributed by atoms with E-state index in [4.69, 9.17) is 4.74 Å². The number of piperidine rings is 1. The van der Waals surface area contributed by atoms with Crippen molar-refractivity contribution in [2.75, 3.05) is 13.1 Å². The van der Waals surface area contributed by atoms with E-state index in [2.05, 4.69) is 31.0 Å². The molecule has 1 saturated heterocycles. The molecule has 0 N–H and O–H groups in total. The van der Waals surface area contributed by atoms with Crippen LogP contribution in [0.5, 0.6) is 0 Å². The Kier molecular flexibility index (Phi) is 4.27. The molecule has 0 radical (unpaired) electrons. The van der Waals surface area contributed by atoms with Gasteiger partial charge in [-0.2, -0.15) is 5.10 Å². The van der Waals surface area contributed by atoms with E-state index < -0.39 is 5.60 Å². The molecule has 0 bridgehead atoms. The lowest BCUT2D eigenvalue weighted by Crippen LogP contribution is -2.43. The van der Waals surface area contributed by atoms with Crippen molar-refractivity contribution >= 4 is 33.1 Å². The lowest BCUT2D eigenvalue weighted by molar-refractivity contribution is 0.0169. The fourth-order valence-electron chi connectivity index (χ4n) is 2.75. The van der Waals surface area contributed by atoms with Crippen LogP contribution in [0.25, 0.3) is 11.0 Å². The van der Waals surface area contributed by atoms with Gasteiger partial charge in [-0.1, -0.05) is 0 Å². The summed E-state index contributed by atoms with van der Waals surface area (Å²) >= 11 is 3.45. The molecule has 0 saturated carbocycles. The highest BCUT2D eigenvalue weighted by Crippen LogP contribution is 2.28. The largest absolute Gasteiger partial charge is 0.444 e. The zero-order chi connectivity index (χ0) is 16.6. The Morgan fingerprint density at radius 3 is 2.96 bits per heavy atom. The quantitative estimate of drug-likeness (QED) is 0.758. The maximum Gasteiger partial charge on any atom is 0.410 e. The normalized spacial score (nSPS) is 19.1. The van der Waals surface area contributed by atoms with Crippen LogP contribution in [0.2, 0.25) is 0 Å². The molecule has 1 atom stereocenters. The molecule has 3 heterocycles. The third kappa shape index (κ3) is 3.46. The molecule has 1 fully saturated rings. The molecule has 0 aliphatic carbocycles. The predicted octanol–water partition coefficient (Wildman–Crippen LogP) is 3.16. The van der Waals surface area contributed by atoms with Crippen molar-refractivity contribution in [1.82, 2.24) is 24.6 Å². The molecule has 0 spiro atoms. The minimum atomic E-state index is -0.487. The lowest BCUT2D eigenvalue weighted by atomic mass is 10.1. The minimum absolute atomic E-state index is 0.0833. The number of rotatable bonds is 1. The summed E-state index contributed by atoms with van der Waals surface area (Å²) in [4.78, 5) is 22.4. The van der Waals surface area contributed by atoms with Crippen LogP contribution in [0.3, 0.4) is 0 Å². The highest BCUT2D eigenvalue weighted by molar-refractivity contribution is 9.10. The van der Waals surface area contributed by atoms with Gasteiger partial charge in [0.25, 0.3) is 0 Å². The van der Waals surface area contributed by atoms with Gasteiger partial charge in [0.1, 0.15) is 16.5 Å². The number of ether oxygens (including phenoxy) is 1. The summed E-state index contributed by atoms with van der Waals surface area (Å²) in [5.41, 5.74) is 0.293. The molecule has 2 aromatic rings. The molecule has 0 aromatic carbocycles. The molecule has 3 rings (SSSR count). The second-order valence-electron chi connectivity index (χ2n) is 6.72. The summed E-state index contributed by atoms with van der Waals surface area (Å²) in [6.07, 6.45) is 4.85. The Morgan fingerprint density at radius 1 is 1.43 bits per heavy atom. The molecular formula is C15H20BrN5O2. The van der Waals surface area contributed by atoms with Crippen LogP contribution in [0, 0.1) is 0 Å². The molecule has 23 heavy (non-hydrogen) atoms. The number of carbonyl (C=O) groups excluding carboxylic acids is 1. The predicted molar refractivity (Wildman–Crippen MR) is 89.1 cm³/mol. The van der Waals surface area contributed by atoms with Gasteiger partial charge in [0.2, 0.25) is 0 Å². The van der Waals surface area contributed by atoms with Crippen LogP contribution in [0.4, 0.5) is 4.79 Å². The third-order valence-corrected chi connectivity index (χ3v) is 4.31. The third-order valence-electron chi connectivity index (χ3n) is 3.72. The minimum Gasteiger partial charge on any atom is -0.444 e. The zero-order valence-electron chi connectivity index (χ0n) is 13.5. The number of nitrogens with zero attached hydrogens (tertiary/aromatic N) is 5. The van der Waals surface area contributed by atoms with Crippen LogP contribution in [0.15, 0.2) is 17.1 Å². The van der Waals surface area contributed by atoms with Crippen LogP contribution in [0.1, 0.15) is 39.7 Å². The van der Waals surface area contributed by atoms with E-state index in [1.807, 2.05) is 25.5 Å².